The molecule has 0 atom stereocenters. The van der Waals surface area contributed by atoms with Gasteiger partial charge in [-0.05, 0) is 34.7 Å². The lowest BCUT2D eigenvalue weighted by Crippen LogP contribution is -2.04. The second kappa shape index (κ2) is 7.64. The van der Waals surface area contributed by atoms with Crippen LogP contribution in [0.4, 0.5) is 0 Å². The number of benzene rings is 3. The maximum atomic E-state index is 5.81. The first-order valence-electron chi connectivity index (χ1n) is 8.32. The van der Waals surface area contributed by atoms with Crippen LogP contribution in [0.5, 0.6) is 0 Å². The Balaban J connectivity index is 1.89. The topological polar surface area (TPSA) is 38.7 Å². The van der Waals surface area contributed by atoms with Gasteiger partial charge in [-0.3, -0.25) is 0 Å². The Morgan fingerprint density at radius 3 is 1.11 bits per heavy atom. The van der Waals surface area contributed by atoms with Crippen molar-refractivity contribution in [3.63, 3.8) is 0 Å². The van der Waals surface area contributed by atoms with E-state index in [2.05, 4.69) is 37.5 Å². The van der Waals surface area contributed by atoms with Crippen LogP contribution in [0.1, 0.15) is 0 Å². The second-order valence-corrected chi connectivity index (χ2v) is 7.30. The minimum Gasteiger partial charge on any atom is -0.208 e. The molecule has 0 aliphatic heterocycles. The van der Waals surface area contributed by atoms with Gasteiger partial charge in [0.25, 0.3) is 0 Å². The van der Waals surface area contributed by atoms with Crippen LogP contribution in [-0.4, -0.2) is 30.6 Å². The maximum absolute atomic E-state index is 5.81. The van der Waals surface area contributed by atoms with E-state index in [4.69, 9.17) is 15.7 Å². The van der Waals surface area contributed by atoms with Gasteiger partial charge in [0.1, 0.15) is 15.7 Å². The first-order valence-corrected chi connectivity index (χ1v) is 9.40. The predicted molar refractivity (Wildman–Crippen MR) is 120 cm³/mol. The van der Waals surface area contributed by atoms with Crippen LogP contribution in [0.2, 0.25) is 0 Å². The first kappa shape index (κ1) is 17.9. The molecule has 0 bridgehead atoms. The highest BCUT2D eigenvalue weighted by atomic mass is 127. The zero-order valence-electron chi connectivity index (χ0n) is 14.3. The van der Waals surface area contributed by atoms with E-state index in [0.717, 1.165) is 20.3 Å². The van der Waals surface area contributed by atoms with Crippen molar-refractivity contribution in [3.05, 3.63) is 76.4 Å². The molecule has 0 saturated heterocycles. The summed E-state index contributed by atoms with van der Waals surface area (Å²) in [7, 11) is 11.6. The molecular formula is C21H12B2IN3. The van der Waals surface area contributed by atoms with Crippen LogP contribution in [0.15, 0.2) is 72.8 Å². The quantitative estimate of drug-likeness (QED) is 0.353. The van der Waals surface area contributed by atoms with Gasteiger partial charge in [-0.2, -0.15) is 0 Å². The minimum absolute atomic E-state index is 0.602. The third-order valence-corrected chi connectivity index (χ3v) is 4.79. The van der Waals surface area contributed by atoms with E-state index in [0.29, 0.717) is 28.4 Å². The number of halogens is 1. The van der Waals surface area contributed by atoms with E-state index in [1.807, 2.05) is 72.8 Å². The number of hydrogen-bond acceptors (Lipinski definition) is 3. The SMILES string of the molecule is [B]c1ccc(-c2nc(-c3ccc([B])cc3)nc(-c3ccc(I)cc3)n2)cc1. The fraction of sp³-hybridized carbons (Fsp3) is 0. The fourth-order valence-electron chi connectivity index (χ4n) is 2.63. The molecule has 4 radical (unpaired) electrons. The summed E-state index contributed by atoms with van der Waals surface area (Å²) in [6, 6.07) is 23.1. The second-order valence-electron chi connectivity index (χ2n) is 6.06. The summed E-state index contributed by atoms with van der Waals surface area (Å²) in [5, 5.41) is 0. The molecule has 0 spiro atoms. The van der Waals surface area contributed by atoms with Crippen LogP contribution < -0.4 is 10.9 Å². The Bertz CT molecular complexity index is 926. The largest absolute Gasteiger partial charge is 0.208 e. The van der Waals surface area contributed by atoms with Gasteiger partial charge in [-0.15, -0.1) is 0 Å². The van der Waals surface area contributed by atoms with Gasteiger partial charge in [-0.1, -0.05) is 71.6 Å². The summed E-state index contributed by atoms with van der Waals surface area (Å²) < 4.78 is 1.16. The molecule has 1 aromatic heterocycles. The third kappa shape index (κ3) is 4.11. The van der Waals surface area contributed by atoms with E-state index < -0.39 is 0 Å². The van der Waals surface area contributed by atoms with Crippen molar-refractivity contribution >= 4 is 49.2 Å². The summed E-state index contributed by atoms with van der Waals surface area (Å²) in [5.74, 6) is 1.83. The summed E-state index contributed by atoms with van der Waals surface area (Å²) in [6.45, 7) is 0. The van der Waals surface area contributed by atoms with Crippen molar-refractivity contribution in [2.45, 2.75) is 0 Å². The average molecular weight is 455 g/mol. The van der Waals surface area contributed by atoms with E-state index in [1.54, 1.807) is 0 Å². The fourth-order valence-corrected chi connectivity index (χ4v) is 2.99. The smallest absolute Gasteiger partial charge is 0.164 e. The monoisotopic (exact) mass is 455 g/mol. The molecule has 0 fully saturated rings. The molecule has 1 heterocycles. The molecule has 0 unspecified atom stereocenters. The summed E-state index contributed by atoms with van der Waals surface area (Å²) in [5.41, 5.74) is 4.10. The molecule has 0 aliphatic carbocycles. The Labute approximate surface area is 174 Å². The van der Waals surface area contributed by atoms with Crippen LogP contribution >= 0.6 is 22.6 Å². The zero-order chi connectivity index (χ0) is 18.8. The van der Waals surface area contributed by atoms with Crippen LogP contribution in [-0.2, 0) is 0 Å². The lowest BCUT2D eigenvalue weighted by atomic mass is 9.95. The normalized spacial score (nSPS) is 10.7. The van der Waals surface area contributed by atoms with E-state index >= 15 is 0 Å². The number of hydrogen-bond donors (Lipinski definition) is 0. The molecule has 27 heavy (non-hydrogen) atoms. The average Bonchev–Trinajstić information content (AvgIpc) is 2.69. The molecular weight excluding hydrogens is 443 g/mol. The third-order valence-electron chi connectivity index (χ3n) is 4.08. The van der Waals surface area contributed by atoms with Gasteiger partial charge in [0.2, 0.25) is 0 Å². The van der Waals surface area contributed by atoms with Crippen LogP contribution in [0.3, 0.4) is 0 Å². The highest BCUT2D eigenvalue weighted by molar-refractivity contribution is 14.1. The molecule has 0 N–H and O–H groups in total. The Hall–Kier alpha value is -2.47. The highest BCUT2D eigenvalue weighted by Crippen LogP contribution is 2.24. The van der Waals surface area contributed by atoms with E-state index in [1.165, 1.54) is 0 Å². The number of nitrogens with zero attached hydrogens (tertiary/aromatic N) is 3. The zero-order valence-corrected chi connectivity index (χ0v) is 16.5. The Kier molecular flexibility index (Phi) is 5.07. The molecule has 4 aromatic rings. The molecule has 0 saturated carbocycles. The highest BCUT2D eigenvalue weighted by Gasteiger charge is 2.12. The Morgan fingerprint density at radius 1 is 0.481 bits per heavy atom. The summed E-state index contributed by atoms with van der Waals surface area (Å²) in [6.07, 6.45) is 0. The number of rotatable bonds is 3. The molecule has 0 amide bonds. The van der Waals surface area contributed by atoms with Crippen molar-refractivity contribution in [2.24, 2.45) is 0 Å². The van der Waals surface area contributed by atoms with Gasteiger partial charge in [-0.25, -0.2) is 15.0 Å². The predicted octanol–water partition coefficient (Wildman–Crippen LogP) is 3.06. The van der Waals surface area contributed by atoms with Crippen molar-refractivity contribution in [2.75, 3.05) is 0 Å². The van der Waals surface area contributed by atoms with Gasteiger partial charge in [0.15, 0.2) is 17.5 Å². The molecule has 6 heteroatoms. The lowest BCUT2D eigenvalue weighted by molar-refractivity contribution is 1.07. The van der Waals surface area contributed by atoms with Gasteiger partial charge in [0.05, 0.1) is 0 Å². The van der Waals surface area contributed by atoms with Crippen molar-refractivity contribution in [1.29, 1.82) is 0 Å². The summed E-state index contributed by atoms with van der Waals surface area (Å²) >= 11 is 2.28. The summed E-state index contributed by atoms with van der Waals surface area (Å²) in [4.78, 5) is 14.0. The van der Waals surface area contributed by atoms with E-state index in [9.17, 15) is 0 Å². The van der Waals surface area contributed by atoms with Crippen molar-refractivity contribution < 1.29 is 0 Å². The molecule has 124 valence electrons. The van der Waals surface area contributed by atoms with Gasteiger partial charge < -0.3 is 0 Å². The molecule has 0 aliphatic rings. The Morgan fingerprint density at radius 2 is 0.778 bits per heavy atom. The van der Waals surface area contributed by atoms with Crippen LogP contribution in [0, 0.1) is 3.57 Å². The van der Waals surface area contributed by atoms with Crippen LogP contribution in [0.25, 0.3) is 34.2 Å². The molecule has 4 rings (SSSR count). The van der Waals surface area contributed by atoms with Crippen molar-refractivity contribution in [1.82, 2.24) is 15.0 Å². The number of aromatic nitrogens is 3. The minimum atomic E-state index is 0.602. The standard InChI is InChI=1S/C21H12B2IN3/c22-16-7-1-13(2-8-16)19-25-20(14-3-9-17(23)10-4-14)27-21(26-19)15-5-11-18(24)12-6-15/h1-12H. The lowest BCUT2D eigenvalue weighted by Gasteiger charge is -2.09. The molecule has 3 aromatic carbocycles. The van der Waals surface area contributed by atoms with Crippen molar-refractivity contribution in [3.8, 4) is 34.2 Å². The van der Waals surface area contributed by atoms with Gasteiger partial charge >= 0.3 is 0 Å². The van der Waals surface area contributed by atoms with Gasteiger partial charge in [0, 0.05) is 20.3 Å². The maximum Gasteiger partial charge on any atom is 0.164 e. The molecule has 3 nitrogen and oxygen atoms in total. The van der Waals surface area contributed by atoms with E-state index in [-0.39, 0.29) is 0 Å². The first-order chi connectivity index (χ1) is 13.1.